The first-order valence-corrected chi connectivity index (χ1v) is 10.9. The molecule has 0 aromatic heterocycles. The van der Waals surface area contributed by atoms with Crippen LogP contribution in [0, 0.1) is 6.92 Å². The fourth-order valence-corrected chi connectivity index (χ4v) is 3.87. The summed E-state index contributed by atoms with van der Waals surface area (Å²) in [4.78, 5) is 27.0. The average molecular weight is 399 g/mol. The normalized spacial score (nSPS) is 11.7. The van der Waals surface area contributed by atoms with Crippen molar-refractivity contribution in [2.75, 3.05) is 12.3 Å². The highest BCUT2D eigenvalue weighted by atomic mass is 32.2. The number of thioether (sulfide) groups is 1. The molecule has 28 heavy (non-hydrogen) atoms. The standard InChI is InChI=1S/C23H30N2O2S/c1-4-24-23(27)19(3)25(16-21-12-8-9-18(2)15-21)22(26)13-14-28-17-20-10-6-5-7-11-20/h5-12,15,19H,4,13-14,16-17H2,1-3H3,(H,24,27)/t19-/m0/s1. The molecular weight excluding hydrogens is 368 g/mol. The van der Waals surface area contributed by atoms with Gasteiger partial charge in [-0.05, 0) is 31.9 Å². The van der Waals surface area contributed by atoms with Gasteiger partial charge in [0.05, 0.1) is 0 Å². The molecule has 2 rings (SSSR count). The van der Waals surface area contributed by atoms with E-state index in [1.807, 2.05) is 50.2 Å². The molecule has 5 heteroatoms. The molecule has 0 aliphatic rings. The minimum atomic E-state index is -0.493. The number of rotatable bonds is 10. The van der Waals surface area contributed by atoms with Gasteiger partial charge < -0.3 is 10.2 Å². The molecule has 150 valence electrons. The third kappa shape index (κ3) is 7.04. The van der Waals surface area contributed by atoms with Crippen molar-refractivity contribution in [1.82, 2.24) is 10.2 Å². The minimum Gasteiger partial charge on any atom is -0.355 e. The van der Waals surface area contributed by atoms with E-state index in [1.165, 1.54) is 5.56 Å². The van der Waals surface area contributed by atoms with Crippen molar-refractivity contribution in [3.8, 4) is 0 Å². The van der Waals surface area contributed by atoms with E-state index in [9.17, 15) is 9.59 Å². The maximum atomic E-state index is 12.9. The van der Waals surface area contributed by atoms with E-state index >= 15 is 0 Å². The second-order valence-electron chi connectivity index (χ2n) is 6.87. The maximum Gasteiger partial charge on any atom is 0.242 e. The molecule has 0 saturated heterocycles. The fraction of sp³-hybridized carbons (Fsp3) is 0.391. The van der Waals surface area contributed by atoms with Crippen molar-refractivity contribution in [2.24, 2.45) is 0 Å². The molecule has 0 fully saturated rings. The summed E-state index contributed by atoms with van der Waals surface area (Å²) < 4.78 is 0. The first-order chi connectivity index (χ1) is 13.5. The van der Waals surface area contributed by atoms with Gasteiger partial charge in [-0.3, -0.25) is 9.59 Å². The highest BCUT2D eigenvalue weighted by Crippen LogP contribution is 2.16. The lowest BCUT2D eigenvalue weighted by Crippen LogP contribution is -2.47. The third-order valence-corrected chi connectivity index (χ3v) is 5.56. The van der Waals surface area contributed by atoms with Gasteiger partial charge in [-0.1, -0.05) is 60.2 Å². The zero-order valence-corrected chi connectivity index (χ0v) is 17.8. The molecule has 0 radical (unpaired) electrons. The van der Waals surface area contributed by atoms with Crippen molar-refractivity contribution in [3.63, 3.8) is 0 Å². The van der Waals surface area contributed by atoms with Gasteiger partial charge in [-0.25, -0.2) is 0 Å². The summed E-state index contributed by atoms with van der Waals surface area (Å²) in [5.74, 6) is 1.53. The van der Waals surface area contributed by atoms with Crippen LogP contribution in [-0.2, 0) is 21.9 Å². The van der Waals surface area contributed by atoms with Crippen LogP contribution < -0.4 is 5.32 Å². The Bertz CT molecular complexity index is 764. The molecule has 1 atom stereocenters. The first kappa shape index (κ1) is 22.0. The second-order valence-corrected chi connectivity index (χ2v) is 7.97. The van der Waals surface area contributed by atoms with Crippen molar-refractivity contribution >= 4 is 23.6 Å². The summed E-state index contributed by atoms with van der Waals surface area (Å²) in [6.07, 6.45) is 0.424. The maximum absolute atomic E-state index is 12.9. The number of likely N-dealkylation sites (N-methyl/N-ethyl adjacent to an activating group) is 1. The molecule has 0 bridgehead atoms. The summed E-state index contributed by atoms with van der Waals surface area (Å²) in [5.41, 5.74) is 3.45. The molecule has 4 nitrogen and oxygen atoms in total. The number of aryl methyl sites for hydroxylation is 1. The number of nitrogens with zero attached hydrogens (tertiary/aromatic N) is 1. The molecule has 0 spiro atoms. The van der Waals surface area contributed by atoms with Gasteiger partial charge >= 0.3 is 0 Å². The third-order valence-electron chi connectivity index (χ3n) is 4.53. The number of carbonyl (C=O) groups excluding carboxylic acids is 2. The molecule has 0 unspecified atom stereocenters. The van der Waals surface area contributed by atoms with Gasteiger partial charge in [-0.15, -0.1) is 0 Å². The van der Waals surface area contributed by atoms with Crippen LogP contribution in [0.4, 0.5) is 0 Å². The van der Waals surface area contributed by atoms with Crippen molar-refractivity contribution in [1.29, 1.82) is 0 Å². The van der Waals surface area contributed by atoms with Crippen molar-refractivity contribution in [2.45, 2.75) is 45.5 Å². The topological polar surface area (TPSA) is 49.4 Å². The van der Waals surface area contributed by atoms with Crippen LogP contribution in [-0.4, -0.2) is 35.1 Å². The predicted molar refractivity (Wildman–Crippen MR) is 117 cm³/mol. The monoisotopic (exact) mass is 398 g/mol. The molecule has 0 heterocycles. The van der Waals surface area contributed by atoms with Crippen LogP contribution >= 0.6 is 11.8 Å². The van der Waals surface area contributed by atoms with Crippen LogP contribution in [0.5, 0.6) is 0 Å². The molecule has 0 aliphatic heterocycles. The van der Waals surface area contributed by atoms with E-state index in [0.717, 1.165) is 22.6 Å². The lowest BCUT2D eigenvalue weighted by atomic mass is 10.1. The Labute approximate surface area is 172 Å². The van der Waals surface area contributed by atoms with Gasteiger partial charge in [0.25, 0.3) is 0 Å². The van der Waals surface area contributed by atoms with E-state index in [0.29, 0.717) is 19.5 Å². The van der Waals surface area contributed by atoms with Gasteiger partial charge in [0.1, 0.15) is 6.04 Å². The Hall–Kier alpha value is -2.27. The van der Waals surface area contributed by atoms with Crippen LogP contribution in [0.1, 0.15) is 37.0 Å². The number of hydrogen-bond acceptors (Lipinski definition) is 3. The summed E-state index contributed by atoms with van der Waals surface area (Å²) in [6, 6.07) is 17.8. The Morgan fingerprint density at radius 1 is 1.07 bits per heavy atom. The Balaban J connectivity index is 1.98. The van der Waals surface area contributed by atoms with Crippen molar-refractivity contribution in [3.05, 3.63) is 71.3 Å². The number of hydrogen-bond donors (Lipinski definition) is 1. The summed E-state index contributed by atoms with van der Waals surface area (Å²) in [7, 11) is 0. The van der Waals surface area contributed by atoms with E-state index < -0.39 is 6.04 Å². The highest BCUT2D eigenvalue weighted by molar-refractivity contribution is 7.98. The quantitative estimate of drug-likeness (QED) is 0.611. The second kappa shape index (κ2) is 11.5. The smallest absolute Gasteiger partial charge is 0.242 e. The first-order valence-electron chi connectivity index (χ1n) is 9.75. The Kier molecular flexibility index (Phi) is 9.08. The van der Waals surface area contributed by atoms with E-state index in [2.05, 4.69) is 23.5 Å². The summed E-state index contributed by atoms with van der Waals surface area (Å²) in [6.45, 7) is 6.72. The van der Waals surface area contributed by atoms with E-state index in [-0.39, 0.29) is 11.8 Å². The van der Waals surface area contributed by atoms with E-state index in [4.69, 9.17) is 0 Å². The minimum absolute atomic E-state index is 0.0146. The van der Waals surface area contributed by atoms with Crippen LogP contribution in [0.3, 0.4) is 0 Å². The summed E-state index contributed by atoms with van der Waals surface area (Å²) in [5, 5.41) is 2.83. The molecule has 1 N–H and O–H groups in total. The molecule has 0 aliphatic carbocycles. The fourth-order valence-electron chi connectivity index (χ4n) is 2.98. The summed E-state index contributed by atoms with van der Waals surface area (Å²) >= 11 is 1.74. The number of nitrogens with one attached hydrogen (secondary N) is 1. The average Bonchev–Trinajstić information content (AvgIpc) is 2.70. The lowest BCUT2D eigenvalue weighted by Gasteiger charge is -2.29. The zero-order chi connectivity index (χ0) is 20.4. The Morgan fingerprint density at radius 2 is 1.79 bits per heavy atom. The molecule has 2 aromatic carbocycles. The number of carbonyl (C=O) groups is 2. The molecule has 2 aromatic rings. The van der Waals surface area contributed by atoms with Crippen LogP contribution in [0.25, 0.3) is 0 Å². The lowest BCUT2D eigenvalue weighted by molar-refractivity contribution is -0.140. The van der Waals surface area contributed by atoms with Crippen LogP contribution in [0.15, 0.2) is 54.6 Å². The SMILES string of the molecule is CCNC(=O)[C@H](C)N(Cc1cccc(C)c1)C(=O)CCSCc1ccccc1. The number of amides is 2. The highest BCUT2D eigenvalue weighted by Gasteiger charge is 2.25. The van der Waals surface area contributed by atoms with Gasteiger partial charge in [-0.2, -0.15) is 11.8 Å². The predicted octanol–water partition coefficient (Wildman–Crippen LogP) is 4.17. The van der Waals surface area contributed by atoms with Crippen LogP contribution in [0.2, 0.25) is 0 Å². The molecular formula is C23H30N2O2S. The molecule has 2 amide bonds. The van der Waals surface area contributed by atoms with Crippen molar-refractivity contribution < 1.29 is 9.59 Å². The number of benzene rings is 2. The Morgan fingerprint density at radius 3 is 2.46 bits per heavy atom. The largest absolute Gasteiger partial charge is 0.355 e. The van der Waals surface area contributed by atoms with Gasteiger partial charge in [0.15, 0.2) is 0 Å². The van der Waals surface area contributed by atoms with Gasteiger partial charge in [0, 0.05) is 31.0 Å². The van der Waals surface area contributed by atoms with Gasteiger partial charge in [0.2, 0.25) is 11.8 Å². The molecule has 0 saturated carbocycles. The van der Waals surface area contributed by atoms with E-state index in [1.54, 1.807) is 23.6 Å². The zero-order valence-electron chi connectivity index (χ0n) is 17.0.